The fourth-order valence-corrected chi connectivity index (χ4v) is 2.19. The molecule has 1 aliphatic heterocycles. The van der Waals surface area contributed by atoms with E-state index in [0.717, 1.165) is 12.8 Å². The van der Waals surface area contributed by atoms with Crippen molar-refractivity contribution in [1.82, 2.24) is 5.32 Å². The van der Waals surface area contributed by atoms with Crippen LogP contribution in [0, 0.1) is 0 Å². The van der Waals surface area contributed by atoms with Gasteiger partial charge in [-0.1, -0.05) is 0 Å². The Morgan fingerprint density at radius 3 is 2.60 bits per heavy atom. The molecule has 1 saturated heterocycles. The number of rotatable bonds is 2. The van der Waals surface area contributed by atoms with Crippen LogP contribution in [0.2, 0.25) is 0 Å². The van der Waals surface area contributed by atoms with Gasteiger partial charge in [0.1, 0.15) is 18.3 Å². The van der Waals surface area contributed by atoms with E-state index < -0.39 is 0 Å². The minimum atomic E-state index is -0.271. The van der Waals surface area contributed by atoms with Crippen LogP contribution >= 0.6 is 0 Å². The van der Waals surface area contributed by atoms with Gasteiger partial charge in [-0.05, 0) is 12.8 Å². The molecule has 0 spiro atoms. The maximum Gasteiger partial charge on any atom is 0.302 e. The molecule has 1 saturated carbocycles. The van der Waals surface area contributed by atoms with Gasteiger partial charge in [0, 0.05) is 13.8 Å². The largest absolute Gasteiger partial charge is 0.460 e. The standard InChI is InChI=1S/C10H15NO4/c1-5(12)11-7-3-4-8(14-6(2)13)10-9(7)15-10/h7-10H,3-4H2,1-2H3,(H,11,12)/t7-,8-,9+,10-/m1/s1. The van der Waals surface area contributed by atoms with Crippen LogP contribution in [0.15, 0.2) is 0 Å². The maximum absolute atomic E-state index is 10.9. The average molecular weight is 213 g/mol. The Bertz CT molecular complexity index is 263. The molecular formula is C10H15NO4. The molecule has 2 aliphatic rings. The van der Waals surface area contributed by atoms with Gasteiger partial charge < -0.3 is 14.8 Å². The van der Waals surface area contributed by atoms with Crippen LogP contribution in [0.4, 0.5) is 0 Å². The van der Waals surface area contributed by atoms with Crippen LogP contribution in [-0.4, -0.2) is 36.2 Å². The summed E-state index contributed by atoms with van der Waals surface area (Å²) in [6.45, 7) is 2.90. The molecule has 1 aliphatic carbocycles. The van der Waals surface area contributed by atoms with Crippen molar-refractivity contribution in [2.24, 2.45) is 0 Å². The quantitative estimate of drug-likeness (QED) is 0.517. The normalized spacial score (nSPS) is 37.7. The molecule has 1 heterocycles. The van der Waals surface area contributed by atoms with Crippen molar-refractivity contribution in [3.8, 4) is 0 Å². The molecule has 15 heavy (non-hydrogen) atoms. The lowest BCUT2D eigenvalue weighted by atomic mass is 9.93. The van der Waals surface area contributed by atoms with Crippen molar-refractivity contribution in [3.63, 3.8) is 0 Å². The Labute approximate surface area is 88.1 Å². The van der Waals surface area contributed by atoms with Crippen molar-refractivity contribution in [1.29, 1.82) is 0 Å². The second-order valence-electron chi connectivity index (χ2n) is 4.10. The first kappa shape index (κ1) is 10.4. The van der Waals surface area contributed by atoms with Gasteiger partial charge in [0.25, 0.3) is 0 Å². The lowest BCUT2D eigenvalue weighted by Crippen LogP contribution is -2.44. The highest BCUT2D eigenvalue weighted by molar-refractivity contribution is 5.73. The van der Waals surface area contributed by atoms with E-state index in [1.807, 2.05) is 0 Å². The van der Waals surface area contributed by atoms with Gasteiger partial charge in [0.05, 0.1) is 6.04 Å². The number of fused-ring (bicyclic) bond motifs is 1. The number of nitrogens with one attached hydrogen (secondary N) is 1. The van der Waals surface area contributed by atoms with E-state index in [9.17, 15) is 9.59 Å². The highest BCUT2D eigenvalue weighted by Crippen LogP contribution is 2.38. The lowest BCUT2D eigenvalue weighted by Gasteiger charge is -2.24. The summed E-state index contributed by atoms with van der Waals surface area (Å²) in [5.74, 6) is -0.313. The number of ether oxygens (including phenoxy) is 2. The number of carbonyl (C=O) groups excluding carboxylic acids is 2. The van der Waals surface area contributed by atoms with Gasteiger partial charge in [0.15, 0.2) is 0 Å². The summed E-state index contributed by atoms with van der Waals surface area (Å²) < 4.78 is 10.5. The molecule has 0 unspecified atom stereocenters. The Hall–Kier alpha value is -1.10. The van der Waals surface area contributed by atoms with Gasteiger partial charge >= 0.3 is 5.97 Å². The predicted octanol–water partition coefficient (Wildman–Crippen LogP) is -0.0160. The Balaban J connectivity index is 1.86. The van der Waals surface area contributed by atoms with Crippen LogP contribution in [0.3, 0.4) is 0 Å². The van der Waals surface area contributed by atoms with Crippen LogP contribution in [0.25, 0.3) is 0 Å². The summed E-state index contributed by atoms with van der Waals surface area (Å²) >= 11 is 0. The number of hydrogen-bond acceptors (Lipinski definition) is 4. The summed E-state index contributed by atoms with van der Waals surface area (Å²) in [4.78, 5) is 21.7. The number of hydrogen-bond donors (Lipinski definition) is 1. The number of amides is 1. The monoisotopic (exact) mass is 213 g/mol. The van der Waals surface area contributed by atoms with E-state index in [0.29, 0.717) is 0 Å². The number of esters is 1. The van der Waals surface area contributed by atoms with Crippen molar-refractivity contribution in [2.45, 2.75) is 51.0 Å². The Morgan fingerprint density at radius 1 is 1.27 bits per heavy atom. The van der Waals surface area contributed by atoms with Crippen LogP contribution < -0.4 is 5.32 Å². The zero-order chi connectivity index (χ0) is 11.0. The molecule has 0 radical (unpaired) electrons. The summed E-state index contributed by atoms with van der Waals surface area (Å²) in [5, 5.41) is 2.84. The lowest BCUT2D eigenvalue weighted by molar-refractivity contribution is -0.148. The highest BCUT2D eigenvalue weighted by Gasteiger charge is 2.54. The van der Waals surface area contributed by atoms with E-state index in [4.69, 9.17) is 9.47 Å². The number of epoxide rings is 1. The summed E-state index contributed by atoms with van der Waals surface area (Å²) in [6.07, 6.45) is 1.45. The Morgan fingerprint density at radius 2 is 2.00 bits per heavy atom. The molecule has 2 rings (SSSR count). The third kappa shape index (κ3) is 2.28. The highest BCUT2D eigenvalue weighted by atomic mass is 16.6. The fraction of sp³-hybridized carbons (Fsp3) is 0.800. The predicted molar refractivity (Wildman–Crippen MR) is 51.1 cm³/mol. The molecule has 0 aromatic heterocycles. The van der Waals surface area contributed by atoms with E-state index in [1.54, 1.807) is 0 Å². The second-order valence-corrected chi connectivity index (χ2v) is 4.10. The fourth-order valence-electron chi connectivity index (χ4n) is 2.19. The zero-order valence-corrected chi connectivity index (χ0v) is 8.86. The second kappa shape index (κ2) is 3.81. The first-order valence-corrected chi connectivity index (χ1v) is 5.17. The van der Waals surface area contributed by atoms with Crippen molar-refractivity contribution >= 4 is 11.9 Å². The molecule has 4 atom stereocenters. The van der Waals surface area contributed by atoms with E-state index in [-0.39, 0.29) is 36.2 Å². The molecule has 1 amide bonds. The minimum Gasteiger partial charge on any atom is -0.460 e. The molecule has 84 valence electrons. The van der Waals surface area contributed by atoms with Gasteiger partial charge in [-0.25, -0.2) is 0 Å². The third-order valence-electron chi connectivity index (χ3n) is 2.79. The molecule has 0 bridgehead atoms. The number of carbonyl (C=O) groups is 2. The van der Waals surface area contributed by atoms with Crippen molar-refractivity contribution < 1.29 is 19.1 Å². The first-order valence-electron chi connectivity index (χ1n) is 5.17. The van der Waals surface area contributed by atoms with Gasteiger partial charge in [-0.2, -0.15) is 0 Å². The molecule has 0 aromatic rings. The first-order chi connectivity index (χ1) is 7.08. The van der Waals surface area contributed by atoms with E-state index in [2.05, 4.69) is 5.32 Å². The van der Waals surface area contributed by atoms with Gasteiger partial charge in [-0.15, -0.1) is 0 Å². The van der Waals surface area contributed by atoms with Gasteiger partial charge in [-0.3, -0.25) is 9.59 Å². The van der Waals surface area contributed by atoms with Gasteiger partial charge in [0.2, 0.25) is 5.91 Å². The summed E-state index contributed by atoms with van der Waals surface area (Å²) in [7, 11) is 0. The Kier molecular flexibility index (Phi) is 2.65. The summed E-state index contributed by atoms with van der Waals surface area (Å²) in [5.41, 5.74) is 0. The zero-order valence-electron chi connectivity index (χ0n) is 8.86. The topological polar surface area (TPSA) is 67.9 Å². The molecule has 1 N–H and O–H groups in total. The SMILES string of the molecule is CC(=O)N[C@@H]1CC[C@@H](OC(C)=O)[C@H]2O[C@H]21. The molecule has 5 nitrogen and oxygen atoms in total. The molecule has 2 fully saturated rings. The molecular weight excluding hydrogens is 198 g/mol. The van der Waals surface area contributed by atoms with E-state index >= 15 is 0 Å². The maximum atomic E-state index is 10.9. The third-order valence-corrected chi connectivity index (χ3v) is 2.79. The van der Waals surface area contributed by atoms with Crippen LogP contribution in [0.5, 0.6) is 0 Å². The van der Waals surface area contributed by atoms with Crippen LogP contribution in [0.1, 0.15) is 26.7 Å². The van der Waals surface area contributed by atoms with E-state index in [1.165, 1.54) is 13.8 Å². The van der Waals surface area contributed by atoms with Crippen molar-refractivity contribution in [2.75, 3.05) is 0 Å². The molecule has 5 heteroatoms. The summed E-state index contributed by atoms with van der Waals surface area (Å²) in [6, 6.07) is 0.0827. The van der Waals surface area contributed by atoms with Crippen LogP contribution in [-0.2, 0) is 19.1 Å². The smallest absolute Gasteiger partial charge is 0.302 e. The average Bonchev–Trinajstić information content (AvgIpc) is 2.87. The van der Waals surface area contributed by atoms with Crippen molar-refractivity contribution in [3.05, 3.63) is 0 Å². The minimum absolute atomic E-state index is 0.0144. The molecule has 0 aromatic carbocycles.